The highest BCUT2D eigenvalue weighted by atomic mass is 16.2. The summed E-state index contributed by atoms with van der Waals surface area (Å²) in [6.07, 6.45) is 3.66. The number of carbonyl (C=O) groups is 2. The minimum Gasteiger partial charge on any atom is -0.355 e. The molecule has 0 aromatic carbocycles. The summed E-state index contributed by atoms with van der Waals surface area (Å²) in [5.41, 5.74) is -0.321. The monoisotopic (exact) mass is 269 g/mol. The van der Waals surface area contributed by atoms with Crippen molar-refractivity contribution in [3.8, 4) is 0 Å². The molecule has 1 rings (SSSR count). The van der Waals surface area contributed by atoms with Gasteiger partial charge >= 0.3 is 0 Å². The van der Waals surface area contributed by atoms with Crippen LogP contribution in [0, 0.1) is 5.41 Å². The van der Waals surface area contributed by atoms with Crippen LogP contribution in [-0.2, 0) is 9.59 Å². The Bertz CT molecular complexity index is 312. The highest BCUT2D eigenvalue weighted by Gasteiger charge is 2.39. The molecule has 2 N–H and O–H groups in total. The molecule has 1 unspecified atom stereocenters. The summed E-state index contributed by atoms with van der Waals surface area (Å²) < 4.78 is 0. The molecule has 0 aliphatic carbocycles. The van der Waals surface area contributed by atoms with Gasteiger partial charge in [0, 0.05) is 20.1 Å². The highest BCUT2D eigenvalue weighted by molar-refractivity contribution is 5.88. The average Bonchev–Trinajstić information content (AvgIpc) is 2.44. The number of hydrogen-bond acceptors (Lipinski definition) is 3. The van der Waals surface area contributed by atoms with Gasteiger partial charge < -0.3 is 15.5 Å². The Morgan fingerprint density at radius 3 is 2.63 bits per heavy atom. The van der Waals surface area contributed by atoms with Crippen LogP contribution in [0.2, 0.25) is 0 Å². The van der Waals surface area contributed by atoms with Gasteiger partial charge in [-0.25, -0.2) is 0 Å². The van der Waals surface area contributed by atoms with Crippen molar-refractivity contribution in [1.29, 1.82) is 0 Å². The molecule has 0 aromatic rings. The molecule has 0 saturated carbocycles. The van der Waals surface area contributed by atoms with Crippen LogP contribution >= 0.6 is 0 Å². The smallest absolute Gasteiger partial charge is 0.239 e. The Morgan fingerprint density at radius 2 is 2.11 bits per heavy atom. The van der Waals surface area contributed by atoms with Gasteiger partial charge in [-0.2, -0.15) is 0 Å². The van der Waals surface area contributed by atoms with Crippen molar-refractivity contribution in [2.75, 3.05) is 33.2 Å². The van der Waals surface area contributed by atoms with E-state index in [1.807, 2.05) is 6.92 Å². The number of amides is 2. The molecule has 2 amide bonds. The minimum atomic E-state index is -0.321. The summed E-state index contributed by atoms with van der Waals surface area (Å²) in [7, 11) is 1.72. The molecule has 0 aromatic heterocycles. The second-order valence-electron chi connectivity index (χ2n) is 5.43. The summed E-state index contributed by atoms with van der Waals surface area (Å²) in [5, 5.41) is 6.11. The number of rotatable bonds is 6. The summed E-state index contributed by atoms with van der Waals surface area (Å²) in [6, 6.07) is 0. The maximum Gasteiger partial charge on any atom is 0.239 e. The Kier molecular flexibility index (Phi) is 6.28. The van der Waals surface area contributed by atoms with Crippen molar-refractivity contribution in [2.45, 2.75) is 39.5 Å². The Balaban J connectivity index is 2.56. The fourth-order valence-corrected chi connectivity index (χ4v) is 2.62. The fraction of sp³-hybridized carbons (Fsp3) is 0.857. The van der Waals surface area contributed by atoms with E-state index in [-0.39, 0.29) is 23.8 Å². The average molecular weight is 269 g/mol. The van der Waals surface area contributed by atoms with Crippen molar-refractivity contribution < 1.29 is 9.59 Å². The van der Waals surface area contributed by atoms with Crippen LogP contribution in [0.5, 0.6) is 0 Å². The van der Waals surface area contributed by atoms with Crippen LogP contribution in [0.15, 0.2) is 0 Å². The van der Waals surface area contributed by atoms with Gasteiger partial charge in [-0.3, -0.25) is 9.59 Å². The molecule has 0 radical (unpaired) electrons. The van der Waals surface area contributed by atoms with E-state index in [0.29, 0.717) is 6.54 Å². The fourth-order valence-electron chi connectivity index (χ4n) is 2.62. The first-order chi connectivity index (χ1) is 9.05. The number of likely N-dealkylation sites (N-methyl/N-ethyl adjacent to an activating group) is 1. The second-order valence-corrected chi connectivity index (χ2v) is 5.43. The number of carbonyl (C=O) groups excluding carboxylic acids is 2. The zero-order chi connectivity index (χ0) is 14.3. The Hall–Kier alpha value is -1.10. The van der Waals surface area contributed by atoms with Gasteiger partial charge in [0.15, 0.2) is 0 Å². The van der Waals surface area contributed by atoms with Gasteiger partial charge in [0.25, 0.3) is 0 Å². The Morgan fingerprint density at radius 1 is 1.37 bits per heavy atom. The largest absolute Gasteiger partial charge is 0.355 e. The molecule has 1 atom stereocenters. The predicted octanol–water partition coefficient (Wildman–Crippen LogP) is 0.751. The normalized spacial score (nSPS) is 22.9. The minimum absolute atomic E-state index is 0.0762. The van der Waals surface area contributed by atoms with Gasteiger partial charge in [0.05, 0.1) is 12.0 Å². The van der Waals surface area contributed by atoms with Crippen LogP contribution in [0.25, 0.3) is 0 Å². The van der Waals surface area contributed by atoms with Crippen LogP contribution < -0.4 is 10.6 Å². The Labute approximate surface area is 116 Å². The van der Waals surface area contributed by atoms with Crippen LogP contribution in [0.3, 0.4) is 0 Å². The van der Waals surface area contributed by atoms with Gasteiger partial charge in [-0.15, -0.1) is 0 Å². The number of piperidine rings is 1. The third-order valence-corrected chi connectivity index (χ3v) is 3.90. The first kappa shape index (κ1) is 16.0. The third-order valence-electron chi connectivity index (χ3n) is 3.90. The van der Waals surface area contributed by atoms with Crippen molar-refractivity contribution >= 4 is 11.8 Å². The van der Waals surface area contributed by atoms with Crippen LogP contribution in [0.1, 0.15) is 39.5 Å². The first-order valence-corrected chi connectivity index (χ1v) is 7.28. The quantitative estimate of drug-likeness (QED) is 0.748. The topological polar surface area (TPSA) is 61.4 Å². The van der Waals surface area contributed by atoms with Gasteiger partial charge in [0.2, 0.25) is 11.8 Å². The van der Waals surface area contributed by atoms with E-state index >= 15 is 0 Å². The summed E-state index contributed by atoms with van der Waals surface area (Å²) in [4.78, 5) is 25.8. The number of nitrogens with zero attached hydrogens (tertiary/aromatic N) is 1. The lowest BCUT2D eigenvalue weighted by Crippen LogP contribution is -2.52. The molecule has 1 fully saturated rings. The molecule has 19 heavy (non-hydrogen) atoms. The van der Waals surface area contributed by atoms with E-state index in [2.05, 4.69) is 17.6 Å². The highest BCUT2D eigenvalue weighted by Crippen LogP contribution is 2.31. The maximum atomic E-state index is 12.6. The molecule has 0 spiro atoms. The lowest BCUT2D eigenvalue weighted by Gasteiger charge is -2.38. The molecule has 5 nitrogen and oxygen atoms in total. The molecule has 1 aliphatic heterocycles. The number of hydrogen-bond donors (Lipinski definition) is 2. The molecule has 1 heterocycles. The maximum absolute atomic E-state index is 12.6. The zero-order valence-electron chi connectivity index (χ0n) is 12.4. The standard InChI is InChI=1S/C14H27N3O2/c1-4-8-16-12(18)10-17(3)13(19)14(5-2)7-6-9-15-11-14/h15H,4-11H2,1-3H3,(H,16,18). The van der Waals surface area contributed by atoms with Gasteiger partial charge in [-0.1, -0.05) is 13.8 Å². The van der Waals surface area contributed by atoms with E-state index in [4.69, 9.17) is 0 Å². The van der Waals surface area contributed by atoms with Crippen molar-refractivity contribution in [3.63, 3.8) is 0 Å². The van der Waals surface area contributed by atoms with Crippen LogP contribution in [-0.4, -0.2) is 49.9 Å². The lowest BCUT2D eigenvalue weighted by molar-refractivity contribution is -0.144. The first-order valence-electron chi connectivity index (χ1n) is 7.28. The van der Waals surface area contributed by atoms with E-state index < -0.39 is 0 Å². The number of nitrogens with one attached hydrogen (secondary N) is 2. The van der Waals surface area contributed by atoms with E-state index in [0.717, 1.165) is 38.8 Å². The predicted molar refractivity (Wildman–Crippen MR) is 75.8 cm³/mol. The molecule has 1 aliphatic rings. The van der Waals surface area contributed by atoms with Crippen LogP contribution in [0.4, 0.5) is 0 Å². The summed E-state index contributed by atoms with van der Waals surface area (Å²) in [5.74, 6) is 0.0153. The van der Waals surface area contributed by atoms with E-state index in [9.17, 15) is 9.59 Å². The van der Waals surface area contributed by atoms with Crippen molar-refractivity contribution in [1.82, 2.24) is 15.5 Å². The molecular weight excluding hydrogens is 242 g/mol. The summed E-state index contributed by atoms with van der Waals surface area (Å²) >= 11 is 0. The molecule has 0 bridgehead atoms. The molecule has 1 saturated heterocycles. The van der Waals surface area contributed by atoms with E-state index in [1.165, 1.54) is 0 Å². The van der Waals surface area contributed by atoms with Gasteiger partial charge in [0.1, 0.15) is 0 Å². The SMILES string of the molecule is CCCNC(=O)CN(C)C(=O)C1(CC)CCCNC1. The van der Waals surface area contributed by atoms with E-state index in [1.54, 1.807) is 11.9 Å². The molecular formula is C14H27N3O2. The van der Waals surface area contributed by atoms with Crippen molar-refractivity contribution in [3.05, 3.63) is 0 Å². The third kappa shape index (κ3) is 4.20. The second kappa shape index (κ2) is 7.48. The summed E-state index contributed by atoms with van der Waals surface area (Å²) in [6.45, 7) is 6.59. The van der Waals surface area contributed by atoms with Gasteiger partial charge in [-0.05, 0) is 32.2 Å². The molecule has 5 heteroatoms. The van der Waals surface area contributed by atoms with Crippen molar-refractivity contribution in [2.24, 2.45) is 5.41 Å². The zero-order valence-corrected chi connectivity index (χ0v) is 12.4. The molecule has 110 valence electrons. The lowest BCUT2D eigenvalue weighted by atomic mass is 9.77.